The molecule has 1 fully saturated rings. The molecule has 6 heteroatoms. The van der Waals surface area contributed by atoms with Gasteiger partial charge in [-0.2, -0.15) is 0 Å². The minimum atomic E-state index is -0.344. The quantitative estimate of drug-likeness (QED) is 0.442. The number of likely N-dealkylation sites (tertiary alicyclic amines) is 1. The van der Waals surface area contributed by atoms with E-state index in [0.717, 1.165) is 54.7 Å². The number of amides is 1. The average molecular weight is 403 g/mol. The van der Waals surface area contributed by atoms with E-state index < -0.39 is 0 Å². The molecule has 0 radical (unpaired) electrons. The van der Waals surface area contributed by atoms with E-state index in [1.165, 1.54) is 12.5 Å². The average Bonchev–Trinajstić information content (AvgIpc) is 3.29. The predicted molar refractivity (Wildman–Crippen MR) is 116 cm³/mol. The highest BCUT2D eigenvalue weighted by Crippen LogP contribution is 2.50. The van der Waals surface area contributed by atoms with Gasteiger partial charge in [-0.05, 0) is 60.9 Å². The van der Waals surface area contributed by atoms with Crippen molar-refractivity contribution in [2.45, 2.75) is 37.6 Å². The molecule has 3 atom stereocenters. The van der Waals surface area contributed by atoms with Crippen LogP contribution in [0.25, 0.3) is 0 Å². The van der Waals surface area contributed by atoms with Gasteiger partial charge in [-0.3, -0.25) is 14.9 Å². The molecule has 2 heterocycles. The van der Waals surface area contributed by atoms with Crippen molar-refractivity contribution in [3.05, 3.63) is 81.4 Å². The predicted octanol–water partition coefficient (Wildman–Crippen LogP) is 5.05. The second-order valence-electron chi connectivity index (χ2n) is 8.48. The van der Waals surface area contributed by atoms with Crippen molar-refractivity contribution in [2.24, 2.45) is 5.92 Å². The van der Waals surface area contributed by atoms with Crippen LogP contribution in [0.15, 0.2) is 54.6 Å². The molecule has 1 saturated heterocycles. The summed E-state index contributed by atoms with van der Waals surface area (Å²) >= 11 is 0. The molecule has 0 spiro atoms. The highest BCUT2D eigenvalue weighted by Gasteiger charge is 2.38. The van der Waals surface area contributed by atoms with Gasteiger partial charge in [0.25, 0.3) is 11.6 Å². The minimum Gasteiger partial charge on any atom is -0.378 e. The van der Waals surface area contributed by atoms with Gasteiger partial charge < -0.3 is 10.2 Å². The number of piperidine rings is 1. The summed E-state index contributed by atoms with van der Waals surface area (Å²) in [6, 6.07) is 12.9. The lowest BCUT2D eigenvalue weighted by Gasteiger charge is -2.38. The van der Waals surface area contributed by atoms with Gasteiger partial charge in [0.05, 0.1) is 11.0 Å². The standard InChI is InChI=1S/C24H25N3O3/c28-24(26-12-2-1-3-13-26)17-10-11-22-21(15-17)19-8-5-9-20(19)23(25-22)16-6-4-7-18(14-16)27(29)30/h4-8,10-11,14-15,19-20,23,25H,1-3,9,12-13H2/t19-,20-,23+/m1/s1. The van der Waals surface area contributed by atoms with Gasteiger partial charge >= 0.3 is 0 Å². The maximum absolute atomic E-state index is 13.0. The van der Waals surface area contributed by atoms with E-state index in [1.807, 2.05) is 23.1 Å². The second-order valence-corrected chi connectivity index (χ2v) is 8.48. The molecule has 2 aromatic rings. The summed E-state index contributed by atoms with van der Waals surface area (Å²) in [5.41, 5.74) is 3.96. The van der Waals surface area contributed by atoms with Crippen LogP contribution in [0.4, 0.5) is 11.4 Å². The Morgan fingerprint density at radius 2 is 1.93 bits per heavy atom. The van der Waals surface area contributed by atoms with Crippen molar-refractivity contribution in [1.29, 1.82) is 0 Å². The third-order valence-electron chi connectivity index (χ3n) is 6.69. The van der Waals surface area contributed by atoms with Crippen LogP contribution in [0.1, 0.15) is 59.1 Å². The number of benzene rings is 2. The van der Waals surface area contributed by atoms with Crippen LogP contribution >= 0.6 is 0 Å². The Morgan fingerprint density at radius 1 is 1.10 bits per heavy atom. The Morgan fingerprint density at radius 3 is 2.73 bits per heavy atom. The molecule has 0 bridgehead atoms. The fraction of sp³-hybridized carbons (Fsp3) is 0.375. The summed E-state index contributed by atoms with van der Waals surface area (Å²) in [5, 5.41) is 14.8. The Balaban J connectivity index is 1.47. The van der Waals surface area contributed by atoms with Gasteiger partial charge in [0.1, 0.15) is 0 Å². The summed E-state index contributed by atoms with van der Waals surface area (Å²) in [5.74, 6) is 0.608. The van der Waals surface area contributed by atoms with Crippen LogP contribution in [-0.4, -0.2) is 28.8 Å². The number of carbonyl (C=O) groups is 1. The molecular weight excluding hydrogens is 378 g/mol. The first kappa shape index (κ1) is 18.9. The number of hydrogen-bond acceptors (Lipinski definition) is 4. The zero-order valence-corrected chi connectivity index (χ0v) is 16.8. The van der Waals surface area contributed by atoms with Crippen LogP contribution in [0.5, 0.6) is 0 Å². The van der Waals surface area contributed by atoms with Crippen LogP contribution in [0.3, 0.4) is 0 Å². The number of nitrogens with one attached hydrogen (secondary N) is 1. The summed E-state index contributed by atoms with van der Waals surface area (Å²) < 4.78 is 0. The lowest BCUT2D eigenvalue weighted by atomic mass is 9.76. The molecule has 30 heavy (non-hydrogen) atoms. The number of anilines is 1. The van der Waals surface area contributed by atoms with Crippen LogP contribution < -0.4 is 5.32 Å². The Labute approximate surface area is 175 Å². The van der Waals surface area contributed by atoms with Gasteiger partial charge in [0.2, 0.25) is 0 Å². The summed E-state index contributed by atoms with van der Waals surface area (Å²) in [6.07, 6.45) is 8.69. The Hall–Kier alpha value is -3.15. The first-order valence-corrected chi connectivity index (χ1v) is 10.7. The lowest BCUT2D eigenvalue weighted by Crippen LogP contribution is -2.36. The molecule has 1 N–H and O–H groups in total. The fourth-order valence-corrected chi connectivity index (χ4v) is 5.17. The highest BCUT2D eigenvalue weighted by molar-refractivity contribution is 5.95. The van der Waals surface area contributed by atoms with E-state index in [0.29, 0.717) is 0 Å². The zero-order chi connectivity index (χ0) is 20.7. The topological polar surface area (TPSA) is 75.5 Å². The van der Waals surface area contributed by atoms with Gasteiger partial charge in [-0.25, -0.2) is 0 Å². The number of fused-ring (bicyclic) bond motifs is 3. The third-order valence-corrected chi connectivity index (χ3v) is 6.69. The van der Waals surface area contributed by atoms with Crippen molar-refractivity contribution >= 4 is 17.3 Å². The summed E-state index contributed by atoms with van der Waals surface area (Å²) in [7, 11) is 0. The van der Waals surface area contributed by atoms with Gasteiger partial charge in [-0.1, -0.05) is 24.3 Å². The molecular formula is C24H25N3O3. The number of nitro groups is 1. The van der Waals surface area contributed by atoms with Gasteiger partial charge in [0, 0.05) is 42.4 Å². The van der Waals surface area contributed by atoms with E-state index in [2.05, 4.69) is 23.5 Å². The van der Waals surface area contributed by atoms with Crippen molar-refractivity contribution in [2.75, 3.05) is 18.4 Å². The smallest absolute Gasteiger partial charge is 0.269 e. The first-order valence-electron chi connectivity index (χ1n) is 10.7. The van der Waals surface area contributed by atoms with Crippen molar-refractivity contribution in [3.8, 4) is 0 Å². The van der Waals surface area contributed by atoms with E-state index in [9.17, 15) is 14.9 Å². The maximum atomic E-state index is 13.0. The molecule has 5 rings (SSSR count). The van der Waals surface area contributed by atoms with E-state index in [-0.39, 0.29) is 34.4 Å². The van der Waals surface area contributed by atoms with E-state index in [1.54, 1.807) is 12.1 Å². The SMILES string of the molecule is O=C(c1ccc2c(c1)[C@@H]1C=CC[C@H]1[C@H](c1cccc([N+](=O)[O-])c1)N2)N1CCCCC1. The lowest BCUT2D eigenvalue weighted by molar-refractivity contribution is -0.384. The van der Waals surface area contributed by atoms with Crippen LogP contribution in [-0.2, 0) is 0 Å². The molecule has 0 aromatic heterocycles. The number of non-ortho nitro benzene ring substituents is 1. The van der Waals surface area contributed by atoms with Crippen molar-refractivity contribution in [1.82, 2.24) is 4.90 Å². The second kappa shape index (κ2) is 7.59. The molecule has 1 amide bonds. The monoisotopic (exact) mass is 403 g/mol. The maximum Gasteiger partial charge on any atom is 0.269 e. The molecule has 0 saturated carbocycles. The van der Waals surface area contributed by atoms with E-state index >= 15 is 0 Å². The Bertz CT molecular complexity index is 1030. The number of nitrogens with zero attached hydrogens (tertiary/aromatic N) is 2. The van der Waals surface area contributed by atoms with Gasteiger partial charge in [-0.15, -0.1) is 0 Å². The number of carbonyl (C=O) groups excluding carboxylic acids is 1. The zero-order valence-electron chi connectivity index (χ0n) is 16.8. The van der Waals surface area contributed by atoms with Gasteiger partial charge in [0.15, 0.2) is 0 Å². The summed E-state index contributed by atoms with van der Waals surface area (Å²) in [6.45, 7) is 1.68. The molecule has 154 valence electrons. The van der Waals surface area contributed by atoms with Crippen LogP contribution in [0.2, 0.25) is 0 Å². The molecule has 2 aromatic carbocycles. The van der Waals surface area contributed by atoms with Crippen molar-refractivity contribution in [3.63, 3.8) is 0 Å². The number of hydrogen-bond donors (Lipinski definition) is 1. The Kier molecular flexibility index (Phi) is 4.77. The normalized spacial score (nSPS) is 24.7. The molecule has 1 aliphatic carbocycles. The van der Waals surface area contributed by atoms with Crippen molar-refractivity contribution < 1.29 is 9.72 Å². The fourth-order valence-electron chi connectivity index (χ4n) is 5.17. The largest absolute Gasteiger partial charge is 0.378 e. The van der Waals surface area contributed by atoms with Crippen LogP contribution in [0, 0.1) is 16.0 Å². The number of rotatable bonds is 3. The highest BCUT2D eigenvalue weighted by atomic mass is 16.6. The molecule has 3 aliphatic rings. The third kappa shape index (κ3) is 3.26. The first-order chi connectivity index (χ1) is 14.6. The molecule has 2 aliphatic heterocycles. The molecule has 0 unspecified atom stereocenters. The molecule has 6 nitrogen and oxygen atoms in total. The minimum absolute atomic E-state index is 0.000969. The number of nitro benzene ring substituents is 1. The number of allylic oxidation sites excluding steroid dienone is 2. The van der Waals surface area contributed by atoms with E-state index in [4.69, 9.17) is 0 Å². The summed E-state index contributed by atoms with van der Waals surface area (Å²) in [4.78, 5) is 25.8.